The van der Waals surface area contributed by atoms with Crippen molar-refractivity contribution in [2.24, 2.45) is 0 Å². The molecule has 2 aliphatic heterocycles. The van der Waals surface area contributed by atoms with E-state index in [1.54, 1.807) is 0 Å². The zero-order valence-corrected chi connectivity index (χ0v) is 21.9. The second-order valence-electron chi connectivity index (χ2n) is 7.79. The Kier molecular flexibility index (Phi) is 9.41. The van der Waals surface area contributed by atoms with E-state index in [1.165, 1.54) is 12.4 Å². The molecule has 36 heavy (non-hydrogen) atoms. The van der Waals surface area contributed by atoms with E-state index >= 15 is 0 Å². The van der Waals surface area contributed by atoms with Crippen LogP contribution in [0.3, 0.4) is 0 Å². The molecule has 2 fully saturated rings. The molecule has 0 aromatic carbocycles. The highest BCUT2D eigenvalue weighted by atomic mass is 127. The lowest BCUT2D eigenvalue weighted by molar-refractivity contribution is -0.0550. The van der Waals surface area contributed by atoms with Crippen molar-refractivity contribution in [1.29, 1.82) is 0 Å². The molecule has 4 heterocycles. The standard InChI is InChI=1S/C9H12BrN3O5.C9H12IN3O5/c2*10-3-1-13(9(17)12-7(3)11)8-6(16)5(15)4(2-14)18-8/h2*1,4-6,8,14-16H,2H2,(H2,11,12,17)/t2*4-,5-,6-,8-/m11/s1. The second kappa shape index (κ2) is 11.8. The van der Waals surface area contributed by atoms with Gasteiger partial charge in [-0.1, -0.05) is 0 Å². The van der Waals surface area contributed by atoms with Crippen LogP contribution in [0.5, 0.6) is 0 Å². The van der Waals surface area contributed by atoms with Crippen LogP contribution in [0.4, 0.5) is 11.6 Å². The summed E-state index contributed by atoms with van der Waals surface area (Å²) in [6.07, 6.45) is -6.60. The van der Waals surface area contributed by atoms with Crippen molar-refractivity contribution in [2.45, 2.75) is 49.1 Å². The number of ether oxygens (including phenoxy) is 2. The van der Waals surface area contributed by atoms with Crippen LogP contribution in [0.15, 0.2) is 26.5 Å². The van der Waals surface area contributed by atoms with E-state index in [0.29, 0.717) is 8.04 Å². The maximum Gasteiger partial charge on any atom is 0.351 e. The van der Waals surface area contributed by atoms with E-state index in [2.05, 4.69) is 25.9 Å². The number of anilines is 2. The molecule has 0 amide bonds. The maximum atomic E-state index is 11.7. The van der Waals surface area contributed by atoms with Crippen molar-refractivity contribution in [3.8, 4) is 0 Å². The average molecular weight is 691 g/mol. The Balaban J connectivity index is 0.000000201. The van der Waals surface area contributed by atoms with Crippen molar-refractivity contribution < 1.29 is 40.1 Å². The normalized spacial score (nSPS) is 31.8. The molecule has 0 aliphatic carbocycles. The largest absolute Gasteiger partial charge is 0.394 e. The van der Waals surface area contributed by atoms with Crippen LogP contribution in [0.2, 0.25) is 0 Å². The van der Waals surface area contributed by atoms with E-state index in [-0.39, 0.29) is 11.6 Å². The van der Waals surface area contributed by atoms with Crippen LogP contribution in [-0.4, -0.2) is 99.6 Å². The first kappa shape index (κ1) is 28.8. The molecule has 2 aromatic heterocycles. The first-order valence-corrected chi connectivity index (χ1v) is 12.1. The monoisotopic (exact) mass is 690 g/mol. The number of nitrogens with two attached hydrogens (primary N) is 2. The Bertz CT molecular complexity index is 1110. The molecule has 4 rings (SSSR count). The first-order chi connectivity index (χ1) is 16.9. The molecule has 18 heteroatoms. The number of nitrogen functional groups attached to an aromatic ring is 2. The smallest absolute Gasteiger partial charge is 0.351 e. The molecule has 0 spiro atoms. The fourth-order valence-corrected chi connectivity index (χ4v) is 4.23. The molecule has 10 N–H and O–H groups in total. The fraction of sp³-hybridized carbons (Fsp3) is 0.556. The molecule has 8 atom stereocenters. The number of aliphatic hydroxyl groups is 6. The van der Waals surface area contributed by atoms with Crippen LogP contribution >= 0.6 is 38.5 Å². The van der Waals surface area contributed by atoms with Crippen LogP contribution in [0, 0.1) is 3.57 Å². The van der Waals surface area contributed by atoms with Gasteiger partial charge in [0.1, 0.15) is 48.3 Å². The molecular weight excluding hydrogens is 667 g/mol. The third-order valence-corrected chi connectivity index (χ3v) is 6.89. The summed E-state index contributed by atoms with van der Waals surface area (Å²) in [5, 5.41) is 56.7. The molecule has 200 valence electrons. The summed E-state index contributed by atoms with van der Waals surface area (Å²) in [7, 11) is 0. The number of hydrogen-bond donors (Lipinski definition) is 8. The van der Waals surface area contributed by atoms with Crippen molar-refractivity contribution in [3.05, 3.63) is 41.4 Å². The van der Waals surface area contributed by atoms with Gasteiger partial charge < -0.3 is 51.6 Å². The van der Waals surface area contributed by atoms with Crippen LogP contribution in [0.25, 0.3) is 0 Å². The number of aliphatic hydroxyl groups excluding tert-OH is 6. The van der Waals surface area contributed by atoms with Gasteiger partial charge >= 0.3 is 11.4 Å². The third kappa shape index (κ3) is 5.71. The van der Waals surface area contributed by atoms with Gasteiger partial charge in [-0.2, -0.15) is 9.97 Å². The highest BCUT2D eigenvalue weighted by molar-refractivity contribution is 14.1. The Hall–Kier alpha value is -1.75. The van der Waals surface area contributed by atoms with Crippen LogP contribution in [0.1, 0.15) is 12.5 Å². The number of rotatable bonds is 4. The predicted molar refractivity (Wildman–Crippen MR) is 132 cm³/mol. The molecule has 0 radical (unpaired) electrons. The van der Waals surface area contributed by atoms with Gasteiger partial charge in [-0.3, -0.25) is 9.13 Å². The zero-order valence-electron chi connectivity index (χ0n) is 18.2. The van der Waals surface area contributed by atoms with Gasteiger partial charge in [0.15, 0.2) is 12.5 Å². The van der Waals surface area contributed by atoms with Crippen LogP contribution < -0.4 is 22.8 Å². The minimum atomic E-state index is -1.34. The Morgan fingerprint density at radius 2 is 1.25 bits per heavy atom. The van der Waals surface area contributed by atoms with Gasteiger partial charge in [0.25, 0.3) is 0 Å². The number of nitrogens with zero attached hydrogens (tertiary/aromatic N) is 4. The Morgan fingerprint density at radius 1 is 0.833 bits per heavy atom. The summed E-state index contributed by atoms with van der Waals surface area (Å²) in [6.45, 7) is -0.921. The van der Waals surface area contributed by atoms with Crippen LogP contribution in [-0.2, 0) is 9.47 Å². The minimum Gasteiger partial charge on any atom is -0.394 e. The lowest BCUT2D eigenvalue weighted by atomic mass is 10.1. The van der Waals surface area contributed by atoms with Gasteiger partial charge in [0.2, 0.25) is 0 Å². The molecule has 2 saturated heterocycles. The summed E-state index contributed by atoms with van der Waals surface area (Å²) < 4.78 is 13.4. The summed E-state index contributed by atoms with van der Waals surface area (Å²) >= 11 is 4.98. The van der Waals surface area contributed by atoms with Gasteiger partial charge in [-0.15, -0.1) is 0 Å². The zero-order chi connectivity index (χ0) is 26.9. The Morgan fingerprint density at radius 3 is 1.67 bits per heavy atom. The van der Waals surface area contributed by atoms with E-state index in [0.717, 1.165) is 9.13 Å². The quantitative estimate of drug-likeness (QED) is 0.143. The molecule has 0 bridgehead atoms. The van der Waals surface area contributed by atoms with Gasteiger partial charge in [-0.25, -0.2) is 9.59 Å². The number of aromatic nitrogens is 4. The summed E-state index contributed by atoms with van der Waals surface area (Å²) in [4.78, 5) is 30.4. The lowest BCUT2D eigenvalue weighted by Gasteiger charge is -2.17. The molecule has 2 aromatic rings. The maximum absolute atomic E-state index is 11.7. The third-order valence-electron chi connectivity index (χ3n) is 5.45. The molecular formula is C18H24BrIN6O10. The summed E-state index contributed by atoms with van der Waals surface area (Å²) in [5.74, 6) is 0.103. The topological polar surface area (TPSA) is 262 Å². The highest BCUT2D eigenvalue weighted by Gasteiger charge is 2.44. The van der Waals surface area contributed by atoms with Crippen molar-refractivity contribution in [3.63, 3.8) is 0 Å². The van der Waals surface area contributed by atoms with Gasteiger partial charge in [0, 0.05) is 12.4 Å². The second-order valence-corrected chi connectivity index (χ2v) is 9.80. The molecule has 2 aliphatic rings. The number of halogens is 2. The van der Waals surface area contributed by atoms with Crippen molar-refractivity contribution in [1.82, 2.24) is 19.1 Å². The van der Waals surface area contributed by atoms with E-state index in [4.69, 9.17) is 31.2 Å². The Labute approximate surface area is 224 Å². The SMILES string of the molecule is Nc1nc(=O)n([C@@H]2O[C@H](CO)[C@@H](O)[C@H]2O)cc1Br.Nc1nc(=O)n([C@@H]2O[C@H](CO)[C@@H](O)[C@H]2O)cc1I. The van der Waals surface area contributed by atoms with E-state index in [9.17, 15) is 30.0 Å². The van der Waals surface area contributed by atoms with Crippen molar-refractivity contribution >= 4 is 50.2 Å². The highest BCUT2D eigenvalue weighted by Crippen LogP contribution is 2.30. The lowest BCUT2D eigenvalue weighted by Crippen LogP contribution is -2.36. The summed E-state index contributed by atoms with van der Waals surface area (Å²) in [5.41, 5.74) is 9.51. The molecule has 0 saturated carbocycles. The fourth-order valence-electron chi connectivity index (χ4n) is 3.50. The number of hydrogen-bond acceptors (Lipinski definition) is 14. The van der Waals surface area contributed by atoms with Gasteiger partial charge in [0.05, 0.1) is 21.3 Å². The van der Waals surface area contributed by atoms with Gasteiger partial charge in [-0.05, 0) is 38.5 Å². The van der Waals surface area contributed by atoms with E-state index < -0.39 is 73.7 Å². The predicted octanol–water partition coefficient (Wildman–Crippen LogP) is -3.76. The molecule has 16 nitrogen and oxygen atoms in total. The first-order valence-electron chi connectivity index (χ1n) is 10.2. The van der Waals surface area contributed by atoms with Crippen molar-refractivity contribution in [2.75, 3.05) is 24.7 Å². The minimum absolute atomic E-state index is 0.0167. The molecule has 0 unspecified atom stereocenters. The van der Waals surface area contributed by atoms with E-state index in [1.807, 2.05) is 22.6 Å². The average Bonchev–Trinajstić information content (AvgIpc) is 3.29. The summed E-state index contributed by atoms with van der Waals surface area (Å²) in [6, 6.07) is 0.